The van der Waals surface area contributed by atoms with E-state index < -0.39 is 17.9 Å². The minimum atomic E-state index is -1.06. The van der Waals surface area contributed by atoms with E-state index in [1.807, 2.05) is 0 Å². The van der Waals surface area contributed by atoms with Crippen LogP contribution in [0.1, 0.15) is 17.0 Å². The Kier molecular flexibility index (Phi) is 3.58. The van der Waals surface area contributed by atoms with E-state index in [1.165, 1.54) is 24.1 Å². The van der Waals surface area contributed by atoms with E-state index in [0.717, 1.165) is 0 Å². The quantitative estimate of drug-likeness (QED) is 0.896. The van der Waals surface area contributed by atoms with Gasteiger partial charge in [0.15, 0.2) is 11.0 Å². The van der Waals surface area contributed by atoms with Gasteiger partial charge >= 0.3 is 5.97 Å². The van der Waals surface area contributed by atoms with Crippen LogP contribution in [0.4, 0.5) is 0 Å². The molecular weight excluding hydrogens is 262 g/mol. The van der Waals surface area contributed by atoms with Crippen LogP contribution in [0.3, 0.4) is 0 Å². The molecule has 2 heterocycles. The number of carbonyl (C=O) groups is 2. The van der Waals surface area contributed by atoms with Crippen molar-refractivity contribution in [1.82, 2.24) is 4.90 Å². The zero-order valence-corrected chi connectivity index (χ0v) is 10.4. The number of carboxylic acids is 1. The molecule has 0 aromatic carbocycles. The Morgan fingerprint density at radius 3 is 2.78 bits per heavy atom. The number of furan rings is 1. The number of carboxylic acid groups (broad SMARTS) is 1. The smallest absolute Gasteiger partial charge is 0.326 e. The van der Waals surface area contributed by atoms with Crippen molar-refractivity contribution in [2.45, 2.75) is 18.6 Å². The van der Waals surface area contributed by atoms with E-state index in [0.29, 0.717) is 0 Å². The summed E-state index contributed by atoms with van der Waals surface area (Å²) in [5.74, 6) is -1.52. The van der Waals surface area contributed by atoms with Gasteiger partial charge < -0.3 is 19.2 Å². The first-order chi connectivity index (χ1) is 8.52. The highest BCUT2D eigenvalue weighted by molar-refractivity contribution is 6.29. The van der Waals surface area contributed by atoms with Gasteiger partial charge in [0.1, 0.15) is 6.04 Å². The van der Waals surface area contributed by atoms with Crippen molar-refractivity contribution >= 4 is 23.5 Å². The van der Waals surface area contributed by atoms with E-state index in [4.69, 9.17) is 25.9 Å². The molecule has 0 bridgehead atoms. The molecule has 1 aromatic rings. The average molecular weight is 274 g/mol. The number of nitrogens with zero attached hydrogens (tertiary/aromatic N) is 1. The van der Waals surface area contributed by atoms with Crippen molar-refractivity contribution in [2.24, 2.45) is 0 Å². The molecule has 2 unspecified atom stereocenters. The molecule has 18 heavy (non-hydrogen) atoms. The van der Waals surface area contributed by atoms with Crippen molar-refractivity contribution in [1.29, 1.82) is 0 Å². The Hall–Kier alpha value is -1.53. The molecule has 1 amide bonds. The molecule has 0 saturated carbocycles. The van der Waals surface area contributed by atoms with Crippen LogP contribution in [-0.2, 0) is 9.53 Å². The van der Waals surface area contributed by atoms with Crippen LogP contribution >= 0.6 is 11.6 Å². The number of carbonyl (C=O) groups excluding carboxylic acids is 1. The molecule has 6 nitrogen and oxygen atoms in total. The molecular formula is C11H12ClNO5. The van der Waals surface area contributed by atoms with Crippen molar-refractivity contribution in [3.8, 4) is 0 Å². The summed E-state index contributed by atoms with van der Waals surface area (Å²) in [6.45, 7) is 0.227. The van der Waals surface area contributed by atoms with Gasteiger partial charge in [0.05, 0.1) is 6.10 Å². The van der Waals surface area contributed by atoms with E-state index in [9.17, 15) is 9.59 Å². The third kappa shape index (κ3) is 2.34. The summed E-state index contributed by atoms with van der Waals surface area (Å²) in [5, 5.41) is 9.18. The third-order valence-corrected chi connectivity index (χ3v) is 3.13. The molecule has 2 rings (SSSR count). The maximum atomic E-state index is 12.1. The lowest BCUT2D eigenvalue weighted by atomic mass is 10.2. The van der Waals surface area contributed by atoms with Gasteiger partial charge in [-0.2, -0.15) is 0 Å². The normalized spacial score (nSPS) is 23.3. The summed E-state index contributed by atoms with van der Waals surface area (Å²) < 4.78 is 10.1. The van der Waals surface area contributed by atoms with Gasteiger partial charge in [-0.15, -0.1) is 0 Å². The van der Waals surface area contributed by atoms with E-state index in [2.05, 4.69) is 0 Å². The van der Waals surface area contributed by atoms with Crippen LogP contribution in [0.5, 0.6) is 0 Å². The first-order valence-corrected chi connectivity index (χ1v) is 5.72. The maximum Gasteiger partial charge on any atom is 0.326 e. The topological polar surface area (TPSA) is 80.0 Å². The third-order valence-electron chi connectivity index (χ3n) is 2.93. The predicted octanol–water partition coefficient (Wildman–Crippen LogP) is 1.25. The minimum absolute atomic E-state index is 0.0306. The number of aliphatic carboxylic acids is 1. The fourth-order valence-corrected chi connectivity index (χ4v) is 2.14. The van der Waals surface area contributed by atoms with Crippen molar-refractivity contribution in [3.63, 3.8) is 0 Å². The molecule has 2 atom stereocenters. The molecule has 1 aliphatic rings. The second-order valence-corrected chi connectivity index (χ2v) is 4.38. The van der Waals surface area contributed by atoms with E-state index >= 15 is 0 Å². The summed E-state index contributed by atoms with van der Waals surface area (Å²) in [6, 6.07) is 1.96. The second-order valence-electron chi connectivity index (χ2n) is 4.01. The van der Waals surface area contributed by atoms with Gasteiger partial charge in [-0.1, -0.05) is 0 Å². The molecule has 1 saturated heterocycles. The van der Waals surface area contributed by atoms with Crippen molar-refractivity contribution in [2.75, 3.05) is 13.7 Å². The molecule has 98 valence electrons. The highest BCUT2D eigenvalue weighted by Gasteiger charge is 2.40. The Bertz CT molecular complexity index is 472. The van der Waals surface area contributed by atoms with Crippen LogP contribution in [0.2, 0.25) is 5.22 Å². The Morgan fingerprint density at radius 1 is 1.56 bits per heavy atom. The molecule has 1 aromatic heterocycles. The second kappa shape index (κ2) is 4.99. The number of hydrogen-bond donors (Lipinski definition) is 1. The van der Waals surface area contributed by atoms with Crippen LogP contribution in [0, 0.1) is 0 Å². The number of hydrogen-bond acceptors (Lipinski definition) is 4. The van der Waals surface area contributed by atoms with Gasteiger partial charge in [-0.25, -0.2) is 4.79 Å². The van der Waals surface area contributed by atoms with E-state index in [1.54, 1.807) is 0 Å². The van der Waals surface area contributed by atoms with E-state index in [-0.39, 0.29) is 30.0 Å². The molecule has 0 spiro atoms. The van der Waals surface area contributed by atoms with Crippen LogP contribution in [-0.4, -0.2) is 47.7 Å². The highest BCUT2D eigenvalue weighted by atomic mass is 35.5. The molecule has 1 fully saturated rings. The standard InChI is InChI=1S/C11H12ClNO5/c1-17-6-4-7(11(15)16)13(5-6)10(14)8-2-3-9(12)18-8/h2-3,6-7H,4-5H2,1H3,(H,15,16). The number of methoxy groups -OCH3 is 1. The summed E-state index contributed by atoms with van der Waals surface area (Å²) >= 11 is 5.59. The zero-order valence-electron chi connectivity index (χ0n) is 9.63. The van der Waals surface area contributed by atoms with Crippen LogP contribution in [0.15, 0.2) is 16.5 Å². The Morgan fingerprint density at radius 2 is 2.28 bits per heavy atom. The van der Waals surface area contributed by atoms with Gasteiger partial charge in [0.25, 0.3) is 5.91 Å². The lowest BCUT2D eigenvalue weighted by molar-refractivity contribution is -0.141. The lowest BCUT2D eigenvalue weighted by Crippen LogP contribution is -2.40. The number of rotatable bonds is 3. The molecule has 0 aliphatic carbocycles. The highest BCUT2D eigenvalue weighted by Crippen LogP contribution is 2.24. The van der Waals surface area contributed by atoms with Gasteiger partial charge in [0.2, 0.25) is 0 Å². The Labute approximate surface area is 108 Å². The average Bonchev–Trinajstić information content (AvgIpc) is 2.93. The predicted molar refractivity (Wildman–Crippen MR) is 61.6 cm³/mol. The summed E-state index contributed by atoms with van der Waals surface area (Å²) in [6.07, 6.45) is -0.00747. The lowest BCUT2D eigenvalue weighted by Gasteiger charge is -2.19. The van der Waals surface area contributed by atoms with Crippen molar-refractivity contribution in [3.05, 3.63) is 23.1 Å². The first-order valence-electron chi connectivity index (χ1n) is 5.35. The summed E-state index contributed by atoms with van der Waals surface area (Å²) in [4.78, 5) is 24.4. The number of ether oxygens (including phenoxy) is 1. The van der Waals surface area contributed by atoms with Gasteiger partial charge in [0, 0.05) is 20.1 Å². The molecule has 0 radical (unpaired) electrons. The SMILES string of the molecule is COC1CC(C(=O)O)N(C(=O)c2ccc(Cl)o2)C1. The fourth-order valence-electron chi connectivity index (χ4n) is 2.00. The zero-order chi connectivity index (χ0) is 13.3. The number of amides is 1. The maximum absolute atomic E-state index is 12.1. The minimum Gasteiger partial charge on any atom is -0.480 e. The summed E-state index contributed by atoms with van der Waals surface area (Å²) in [7, 11) is 1.49. The molecule has 7 heteroatoms. The fraction of sp³-hybridized carbons (Fsp3) is 0.455. The van der Waals surface area contributed by atoms with Crippen molar-refractivity contribution < 1.29 is 23.8 Å². The molecule has 1 N–H and O–H groups in total. The first kappa shape index (κ1) is 12.9. The van der Waals surface area contributed by atoms with Gasteiger partial charge in [-0.05, 0) is 23.7 Å². The molecule has 1 aliphatic heterocycles. The number of likely N-dealkylation sites (tertiary alicyclic amines) is 1. The van der Waals surface area contributed by atoms with Crippen LogP contribution < -0.4 is 0 Å². The van der Waals surface area contributed by atoms with Gasteiger partial charge in [-0.3, -0.25) is 4.79 Å². The Balaban J connectivity index is 2.20. The number of halogens is 1. The largest absolute Gasteiger partial charge is 0.480 e. The monoisotopic (exact) mass is 273 g/mol. The summed E-state index contributed by atoms with van der Waals surface area (Å²) in [5.41, 5.74) is 0. The van der Waals surface area contributed by atoms with Crippen LogP contribution in [0.25, 0.3) is 0 Å².